The molecule has 2 aromatic heterocycles. The van der Waals surface area contributed by atoms with E-state index in [2.05, 4.69) is 20.6 Å². The molecule has 0 unspecified atom stereocenters. The molecule has 188 valence electrons. The van der Waals surface area contributed by atoms with Gasteiger partial charge in [-0.3, -0.25) is 0 Å². The average molecular weight is 515 g/mol. The highest BCUT2D eigenvalue weighted by atomic mass is 32.1. The van der Waals surface area contributed by atoms with Gasteiger partial charge in [0.1, 0.15) is 34.0 Å². The lowest BCUT2D eigenvalue weighted by atomic mass is 9.88. The number of hydrogen-bond donors (Lipinski definition) is 5. The molecule has 1 aliphatic rings. The fourth-order valence-corrected chi connectivity index (χ4v) is 5.54. The summed E-state index contributed by atoms with van der Waals surface area (Å²) in [7, 11) is 0. The van der Waals surface area contributed by atoms with Gasteiger partial charge in [-0.2, -0.15) is 0 Å². The molecule has 2 aromatic carbocycles. The minimum absolute atomic E-state index is 0.161. The Labute approximate surface area is 209 Å². The summed E-state index contributed by atoms with van der Waals surface area (Å²) < 4.78 is 28.3. The monoisotopic (exact) mass is 514 g/mol. The fourth-order valence-electron chi connectivity index (χ4n) is 4.56. The second-order valence-electron chi connectivity index (χ2n) is 9.51. The second kappa shape index (κ2) is 9.32. The predicted octanol–water partition coefficient (Wildman–Crippen LogP) is 3.49. The molecule has 6 N–H and O–H groups in total. The lowest BCUT2D eigenvalue weighted by Gasteiger charge is -2.28. The zero-order chi connectivity index (χ0) is 25.6. The molecule has 5 rings (SSSR count). The molecule has 0 bridgehead atoms. The molecule has 1 fully saturated rings. The predicted molar refractivity (Wildman–Crippen MR) is 133 cm³/mol. The molecule has 0 radical (unpaired) electrons. The highest BCUT2D eigenvalue weighted by molar-refractivity contribution is 7.21. The van der Waals surface area contributed by atoms with Crippen LogP contribution in [0.15, 0.2) is 48.7 Å². The molecule has 0 amide bonds. The lowest BCUT2D eigenvalue weighted by molar-refractivity contribution is -0.363. The van der Waals surface area contributed by atoms with Gasteiger partial charge in [-0.25, -0.2) is 24.1 Å². The third-order valence-electron chi connectivity index (χ3n) is 6.39. The highest BCUT2D eigenvalue weighted by Gasteiger charge is 2.48. The van der Waals surface area contributed by atoms with E-state index in [1.165, 1.54) is 11.3 Å². The van der Waals surface area contributed by atoms with Gasteiger partial charge in [-0.15, -0.1) is 11.3 Å². The van der Waals surface area contributed by atoms with Gasteiger partial charge < -0.3 is 20.6 Å². The van der Waals surface area contributed by atoms with E-state index in [1.807, 2.05) is 24.3 Å². The first-order chi connectivity index (χ1) is 17.1. The number of aromatic amines is 1. The third-order valence-corrected chi connectivity index (χ3v) is 7.46. The van der Waals surface area contributed by atoms with Crippen molar-refractivity contribution in [1.82, 2.24) is 9.97 Å². The molecule has 0 spiro atoms. The van der Waals surface area contributed by atoms with Crippen molar-refractivity contribution in [3.05, 3.63) is 60.3 Å². The van der Waals surface area contributed by atoms with Crippen LogP contribution in [0.5, 0.6) is 0 Å². The molecular formula is C25H26F2N5O3S+. The van der Waals surface area contributed by atoms with Gasteiger partial charge >= 0.3 is 5.95 Å². The summed E-state index contributed by atoms with van der Waals surface area (Å²) in [5.74, 6) is -1.48. The Hall–Kier alpha value is -3.25. The SMILES string of the molecule is CC(C)(O)[C@H]1C[C@@H](Nc2nc(Nc3cc(F)cc(F)c3)[nH+]cc2-c2nc3ccccc3s2)[C@H](O)[C@@H]1O. The van der Waals surface area contributed by atoms with Gasteiger partial charge in [0.2, 0.25) is 5.82 Å². The molecule has 4 atom stereocenters. The minimum atomic E-state index is -1.20. The quantitative estimate of drug-likeness (QED) is 0.267. The molecule has 0 aliphatic heterocycles. The van der Waals surface area contributed by atoms with Gasteiger partial charge in [-0.1, -0.05) is 17.1 Å². The van der Waals surface area contributed by atoms with Gasteiger partial charge in [0.15, 0.2) is 0 Å². The highest BCUT2D eigenvalue weighted by Crippen LogP contribution is 2.38. The summed E-state index contributed by atoms with van der Waals surface area (Å²) in [5.41, 5.74) is 0.395. The zero-order valence-electron chi connectivity index (χ0n) is 19.5. The summed E-state index contributed by atoms with van der Waals surface area (Å²) in [4.78, 5) is 12.3. The Kier molecular flexibility index (Phi) is 6.33. The van der Waals surface area contributed by atoms with Crippen molar-refractivity contribution in [2.24, 2.45) is 5.92 Å². The number of rotatable bonds is 6. The molecule has 11 heteroatoms. The fraction of sp³-hybridized carbons (Fsp3) is 0.320. The maximum absolute atomic E-state index is 13.7. The number of nitrogens with one attached hydrogen (secondary N) is 3. The van der Waals surface area contributed by atoms with Crippen molar-refractivity contribution in [3.63, 3.8) is 0 Å². The van der Waals surface area contributed by atoms with Crippen LogP contribution in [-0.2, 0) is 0 Å². The van der Waals surface area contributed by atoms with Crippen molar-refractivity contribution < 1.29 is 29.1 Å². The van der Waals surface area contributed by atoms with Crippen LogP contribution in [0, 0.1) is 17.6 Å². The first-order valence-corrected chi connectivity index (χ1v) is 12.3. The largest absolute Gasteiger partial charge is 0.396 e. The summed E-state index contributed by atoms with van der Waals surface area (Å²) in [6.45, 7) is 3.19. The Bertz CT molecular complexity index is 1360. The molecule has 1 saturated carbocycles. The topological polar surface area (TPSA) is 125 Å². The van der Waals surface area contributed by atoms with E-state index in [1.54, 1.807) is 20.0 Å². The molecule has 0 saturated heterocycles. The van der Waals surface area contributed by atoms with Crippen LogP contribution in [0.4, 0.5) is 26.2 Å². The summed E-state index contributed by atoms with van der Waals surface area (Å²) >= 11 is 1.46. The number of aliphatic hydroxyl groups excluding tert-OH is 2. The average Bonchev–Trinajstić information content (AvgIpc) is 3.35. The second-order valence-corrected chi connectivity index (χ2v) is 10.5. The van der Waals surface area contributed by atoms with Crippen molar-refractivity contribution >= 4 is 39.0 Å². The van der Waals surface area contributed by atoms with E-state index in [0.717, 1.165) is 28.4 Å². The molecule has 8 nitrogen and oxygen atoms in total. The van der Waals surface area contributed by atoms with Crippen molar-refractivity contribution in [1.29, 1.82) is 0 Å². The molecular weight excluding hydrogens is 488 g/mol. The van der Waals surface area contributed by atoms with E-state index in [9.17, 15) is 24.1 Å². The maximum atomic E-state index is 13.7. The Morgan fingerprint density at radius 2 is 1.78 bits per heavy atom. The van der Waals surface area contributed by atoms with Gasteiger partial charge in [0, 0.05) is 24.1 Å². The molecule has 1 aliphatic carbocycles. The van der Waals surface area contributed by atoms with Crippen LogP contribution in [0.25, 0.3) is 20.8 Å². The van der Waals surface area contributed by atoms with Gasteiger partial charge in [-0.05, 0) is 32.4 Å². The smallest absolute Gasteiger partial charge is 0.390 e. The Balaban J connectivity index is 1.52. The van der Waals surface area contributed by atoms with Gasteiger partial charge in [0.05, 0.1) is 34.2 Å². The first kappa shape index (κ1) is 24.4. The maximum Gasteiger partial charge on any atom is 0.396 e. The summed E-state index contributed by atoms with van der Waals surface area (Å²) in [6.07, 6.45) is -0.319. The number of H-pyrrole nitrogens is 1. The number of halogens is 2. The van der Waals surface area contributed by atoms with E-state index < -0.39 is 41.4 Å². The van der Waals surface area contributed by atoms with Crippen molar-refractivity contribution in [2.75, 3.05) is 10.6 Å². The zero-order valence-corrected chi connectivity index (χ0v) is 20.4. The van der Waals surface area contributed by atoms with Crippen LogP contribution in [0.3, 0.4) is 0 Å². The van der Waals surface area contributed by atoms with Crippen LogP contribution in [0.2, 0.25) is 0 Å². The standard InChI is InChI=1S/C25H25F2N5O3S/c1-25(2,35)16-10-18(21(34)20(16)33)30-22-15(23-31-17-5-3-4-6-19(17)36-23)11-28-24(32-22)29-14-8-12(26)7-13(27)9-14/h3-9,11,16,18,20-21,33-35H,10H2,1-2H3,(H2,28,29,30,32)/p+1/t16-,18+,20+,21-/m0/s1. The number of benzene rings is 2. The molecule has 4 aromatic rings. The number of nitrogens with zero attached hydrogens (tertiary/aromatic N) is 2. The first-order valence-electron chi connectivity index (χ1n) is 11.5. The third kappa shape index (κ3) is 4.87. The number of para-hydroxylation sites is 1. The van der Waals surface area contributed by atoms with Crippen LogP contribution in [-0.4, -0.2) is 49.1 Å². The number of anilines is 3. The lowest BCUT2D eigenvalue weighted by Crippen LogP contribution is -2.40. The summed E-state index contributed by atoms with van der Waals surface area (Å²) in [5, 5.41) is 38.5. The Morgan fingerprint density at radius 1 is 1.06 bits per heavy atom. The summed E-state index contributed by atoms with van der Waals surface area (Å²) in [6, 6.07) is 10.1. The van der Waals surface area contributed by atoms with E-state index in [4.69, 9.17) is 4.98 Å². The molecule has 36 heavy (non-hydrogen) atoms. The van der Waals surface area contributed by atoms with Crippen LogP contribution >= 0.6 is 11.3 Å². The van der Waals surface area contributed by atoms with E-state index in [-0.39, 0.29) is 11.6 Å². The number of thiazole rings is 1. The van der Waals surface area contributed by atoms with Crippen LogP contribution in [0.1, 0.15) is 20.3 Å². The van der Waals surface area contributed by atoms with Crippen molar-refractivity contribution in [2.45, 2.75) is 44.1 Å². The van der Waals surface area contributed by atoms with Crippen molar-refractivity contribution in [3.8, 4) is 10.6 Å². The number of aliphatic hydroxyl groups is 3. The van der Waals surface area contributed by atoms with E-state index >= 15 is 0 Å². The Morgan fingerprint density at radius 3 is 2.44 bits per heavy atom. The number of aromatic nitrogens is 3. The normalized spacial score (nSPS) is 22.2. The minimum Gasteiger partial charge on any atom is -0.390 e. The number of fused-ring (bicyclic) bond motifs is 1. The van der Waals surface area contributed by atoms with Crippen LogP contribution < -0.4 is 15.6 Å². The number of hydrogen-bond acceptors (Lipinski definition) is 8. The van der Waals surface area contributed by atoms with Gasteiger partial charge in [0.25, 0.3) is 0 Å². The molecule has 2 heterocycles. The van der Waals surface area contributed by atoms with E-state index in [0.29, 0.717) is 22.8 Å².